The van der Waals surface area contributed by atoms with Crippen molar-refractivity contribution in [3.63, 3.8) is 0 Å². The number of benzene rings is 2. The van der Waals surface area contributed by atoms with Gasteiger partial charge in [-0.05, 0) is 23.3 Å². The minimum absolute atomic E-state index is 0.211. The summed E-state index contributed by atoms with van der Waals surface area (Å²) in [6, 6.07) is 19.0. The second kappa shape index (κ2) is 5.92. The van der Waals surface area contributed by atoms with E-state index in [1.54, 1.807) is 18.3 Å². The van der Waals surface area contributed by atoms with Gasteiger partial charge in [-0.15, -0.1) is 0 Å². The van der Waals surface area contributed by atoms with Crippen LogP contribution in [0.5, 0.6) is 0 Å². The molecule has 6 heteroatoms. The van der Waals surface area contributed by atoms with E-state index in [-0.39, 0.29) is 5.91 Å². The summed E-state index contributed by atoms with van der Waals surface area (Å²) in [5, 5.41) is 6.95. The Morgan fingerprint density at radius 1 is 0.917 bits per heavy atom. The van der Waals surface area contributed by atoms with Crippen molar-refractivity contribution in [1.82, 2.24) is 19.6 Å². The maximum atomic E-state index is 12.8. The molecule has 0 radical (unpaired) electrons. The molecule has 0 aliphatic rings. The number of hydrogen-bond donors (Lipinski definition) is 1. The van der Waals surface area contributed by atoms with Crippen LogP contribution in [0.4, 0.5) is 5.82 Å². The van der Waals surface area contributed by atoms with Gasteiger partial charge in [0.2, 0.25) is 0 Å². The molecule has 0 unspecified atom stereocenters. The van der Waals surface area contributed by atoms with Crippen LogP contribution in [0.1, 0.15) is 10.4 Å². The van der Waals surface area contributed by atoms with E-state index in [0.717, 1.165) is 11.1 Å². The van der Waals surface area contributed by atoms with Crippen molar-refractivity contribution in [2.75, 3.05) is 5.32 Å². The fourth-order valence-electron chi connectivity index (χ4n) is 2.57. The van der Waals surface area contributed by atoms with Gasteiger partial charge in [-0.25, -0.2) is 4.98 Å². The number of rotatable bonds is 3. The van der Waals surface area contributed by atoms with Crippen molar-refractivity contribution in [3.8, 4) is 11.1 Å². The lowest BCUT2D eigenvalue weighted by atomic mass is 9.99. The molecule has 2 heterocycles. The first kappa shape index (κ1) is 14.1. The molecule has 0 fully saturated rings. The molecule has 1 amide bonds. The number of fused-ring (bicyclic) bond motifs is 1. The standard InChI is InChI=1S/C18H13N5O/c24-17(22-16-10-11-19-18-20-12-21-23(16)18)15-9-5-4-8-14(15)13-6-2-1-3-7-13/h1-12H,(H,22,24). The average molecular weight is 315 g/mol. The Morgan fingerprint density at radius 3 is 2.58 bits per heavy atom. The number of carbonyl (C=O) groups excluding carboxylic acids is 1. The summed E-state index contributed by atoms with van der Waals surface area (Å²) in [4.78, 5) is 20.9. The smallest absolute Gasteiger partial charge is 0.257 e. The second-order valence-electron chi connectivity index (χ2n) is 5.17. The summed E-state index contributed by atoms with van der Waals surface area (Å²) in [6.07, 6.45) is 2.98. The van der Waals surface area contributed by atoms with Crippen molar-refractivity contribution in [2.24, 2.45) is 0 Å². The van der Waals surface area contributed by atoms with Crippen LogP contribution < -0.4 is 5.32 Å². The highest BCUT2D eigenvalue weighted by Gasteiger charge is 2.14. The summed E-state index contributed by atoms with van der Waals surface area (Å²) < 4.78 is 1.49. The van der Waals surface area contributed by atoms with Crippen molar-refractivity contribution >= 4 is 17.5 Å². The molecule has 4 aromatic rings. The number of anilines is 1. The lowest BCUT2D eigenvalue weighted by Crippen LogP contribution is -2.16. The molecule has 0 spiro atoms. The molecule has 0 bridgehead atoms. The molecular weight excluding hydrogens is 302 g/mol. The normalized spacial score (nSPS) is 10.7. The molecule has 24 heavy (non-hydrogen) atoms. The molecule has 2 aromatic heterocycles. The Labute approximate surface area is 137 Å². The highest BCUT2D eigenvalue weighted by Crippen LogP contribution is 2.24. The molecule has 0 aliphatic heterocycles. The van der Waals surface area contributed by atoms with Crippen LogP contribution in [0, 0.1) is 0 Å². The van der Waals surface area contributed by atoms with Gasteiger partial charge in [0.15, 0.2) is 0 Å². The fraction of sp³-hybridized carbons (Fsp3) is 0. The van der Waals surface area contributed by atoms with Crippen molar-refractivity contribution in [2.45, 2.75) is 0 Å². The first-order valence-corrected chi connectivity index (χ1v) is 7.43. The van der Waals surface area contributed by atoms with Gasteiger partial charge in [0.1, 0.15) is 12.1 Å². The summed E-state index contributed by atoms with van der Waals surface area (Å²) in [5.41, 5.74) is 2.46. The lowest BCUT2D eigenvalue weighted by Gasteiger charge is -2.11. The summed E-state index contributed by atoms with van der Waals surface area (Å²) >= 11 is 0. The molecule has 1 N–H and O–H groups in total. The van der Waals surface area contributed by atoms with Gasteiger partial charge >= 0.3 is 0 Å². The van der Waals surface area contributed by atoms with E-state index in [0.29, 0.717) is 17.2 Å². The SMILES string of the molecule is O=C(Nc1ccnc2ncnn12)c1ccccc1-c1ccccc1. The first-order chi connectivity index (χ1) is 11.8. The monoisotopic (exact) mass is 315 g/mol. The van der Waals surface area contributed by atoms with E-state index in [1.165, 1.54) is 10.8 Å². The van der Waals surface area contributed by atoms with Gasteiger partial charge in [0.05, 0.1) is 0 Å². The zero-order chi connectivity index (χ0) is 16.4. The summed E-state index contributed by atoms with van der Waals surface area (Å²) in [7, 11) is 0. The Bertz CT molecular complexity index is 1010. The molecule has 0 atom stereocenters. The van der Waals surface area contributed by atoms with Gasteiger partial charge in [-0.1, -0.05) is 48.5 Å². The van der Waals surface area contributed by atoms with Crippen LogP contribution in [-0.2, 0) is 0 Å². The van der Waals surface area contributed by atoms with Crippen LogP contribution in [-0.4, -0.2) is 25.5 Å². The minimum atomic E-state index is -0.211. The number of nitrogens with zero attached hydrogens (tertiary/aromatic N) is 4. The third-order valence-corrected chi connectivity index (χ3v) is 3.68. The third-order valence-electron chi connectivity index (χ3n) is 3.68. The third kappa shape index (κ3) is 2.50. The number of carbonyl (C=O) groups is 1. The van der Waals surface area contributed by atoms with E-state index >= 15 is 0 Å². The second-order valence-corrected chi connectivity index (χ2v) is 5.17. The average Bonchev–Trinajstić information content (AvgIpc) is 3.12. The van der Waals surface area contributed by atoms with Crippen LogP contribution in [0.2, 0.25) is 0 Å². The van der Waals surface area contributed by atoms with Gasteiger partial charge in [-0.2, -0.15) is 14.6 Å². The molecule has 6 nitrogen and oxygen atoms in total. The van der Waals surface area contributed by atoms with Gasteiger partial charge in [0.25, 0.3) is 11.7 Å². The molecular formula is C18H13N5O. The predicted molar refractivity (Wildman–Crippen MR) is 90.6 cm³/mol. The molecule has 2 aromatic carbocycles. The van der Waals surface area contributed by atoms with E-state index in [2.05, 4.69) is 20.4 Å². The lowest BCUT2D eigenvalue weighted by molar-refractivity contribution is 0.102. The van der Waals surface area contributed by atoms with E-state index in [4.69, 9.17) is 0 Å². The van der Waals surface area contributed by atoms with Gasteiger partial charge in [0, 0.05) is 11.8 Å². The van der Waals surface area contributed by atoms with Crippen LogP contribution in [0.3, 0.4) is 0 Å². The Balaban J connectivity index is 1.72. The summed E-state index contributed by atoms with van der Waals surface area (Å²) in [6.45, 7) is 0. The molecule has 0 saturated carbocycles. The zero-order valence-corrected chi connectivity index (χ0v) is 12.6. The molecule has 0 saturated heterocycles. The number of hydrogen-bond acceptors (Lipinski definition) is 4. The molecule has 4 rings (SSSR count). The number of amides is 1. The van der Waals surface area contributed by atoms with Crippen molar-refractivity contribution in [3.05, 3.63) is 78.8 Å². The maximum Gasteiger partial charge on any atom is 0.257 e. The van der Waals surface area contributed by atoms with Crippen molar-refractivity contribution in [1.29, 1.82) is 0 Å². The van der Waals surface area contributed by atoms with Gasteiger partial charge in [-0.3, -0.25) is 4.79 Å². The Kier molecular flexibility index (Phi) is 3.47. The van der Waals surface area contributed by atoms with E-state index in [9.17, 15) is 4.79 Å². The van der Waals surface area contributed by atoms with Crippen LogP contribution in [0.25, 0.3) is 16.9 Å². The summed E-state index contributed by atoms with van der Waals surface area (Å²) in [5.74, 6) is 0.743. The molecule has 116 valence electrons. The quantitative estimate of drug-likeness (QED) is 0.631. The zero-order valence-electron chi connectivity index (χ0n) is 12.6. The highest BCUT2D eigenvalue weighted by atomic mass is 16.1. The largest absolute Gasteiger partial charge is 0.306 e. The molecule has 0 aliphatic carbocycles. The Morgan fingerprint density at radius 2 is 1.71 bits per heavy atom. The maximum absolute atomic E-state index is 12.8. The number of aromatic nitrogens is 4. The number of nitrogens with one attached hydrogen (secondary N) is 1. The predicted octanol–water partition coefficient (Wildman–Crippen LogP) is 3.04. The topological polar surface area (TPSA) is 72.2 Å². The highest BCUT2D eigenvalue weighted by molar-refractivity contribution is 6.08. The van der Waals surface area contributed by atoms with Crippen molar-refractivity contribution < 1.29 is 4.79 Å². The first-order valence-electron chi connectivity index (χ1n) is 7.43. The minimum Gasteiger partial charge on any atom is -0.306 e. The fourth-order valence-corrected chi connectivity index (χ4v) is 2.57. The van der Waals surface area contributed by atoms with Gasteiger partial charge < -0.3 is 5.32 Å². The van der Waals surface area contributed by atoms with Crippen LogP contribution in [0.15, 0.2) is 73.2 Å². The van der Waals surface area contributed by atoms with E-state index < -0.39 is 0 Å². The Hall–Kier alpha value is -3.54. The van der Waals surface area contributed by atoms with Crippen LogP contribution >= 0.6 is 0 Å². The van der Waals surface area contributed by atoms with E-state index in [1.807, 2.05) is 48.5 Å².